The van der Waals surface area contributed by atoms with Crippen LogP contribution in [0.25, 0.3) is 10.6 Å². The number of carbonyl (C=O) groups is 2. The number of aromatic nitrogens is 1. The predicted molar refractivity (Wildman–Crippen MR) is 106 cm³/mol. The zero-order valence-corrected chi connectivity index (χ0v) is 16.0. The van der Waals surface area contributed by atoms with Gasteiger partial charge >= 0.3 is 5.97 Å². The van der Waals surface area contributed by atoms with Crippen LogP contribution in [0.1, 0.15) is 21.6 Å². The fourth-order valence-corrected chi connectivity index (χ4v) is 3.72. The van der Waals surface area contributed by atoms with Crippen molar-refractivity contribution in [1.29, 1.82) is 0 Å². The van der Waals surface area contributed by atoms with E-state index in [-0.39, 0.29) is 23.0 Å². The minimum Gasteiger partial charge on any atom is -0.481 e. The molecule has 0 bridgehead atoms. The van der Waals surface area contributed by atoms with Crippen molar-refractivity contribution in [2.45, 2.75) is 13.0 Å². The molecule has 28 heavy (non-hydrogen) atoms. The Morgan fingerprint density at radius 2 is 2.00 bits per heavy atom. The molecule has 3 rings (SSSR count). The van der Waals surface area contributed by atoms with Crippen LogP contribution in [-0.2, 0) is 17.8 Å². The highest BCUT2D eigenvalue weighted by atomic mass is 35.5. The van der Waals surface area contributed by atoms with Gasteiger partial charge in [0.15, 0.2) is 5.69 Å². The highest BCUT2D eigenvalue weighted by Crippen LogP contribution is 2.33. The van der Waals surface area contributed by atoms with Gasteiger partial charge in [0.25, 0.3) is 5.91 Å². The molecule has 1 heterocycles. The normalized spacial score (nSPS) is 10.7. The van der Waals surface area contributed by atoms with Gasteiger partial charge in [0, 0.05) is 17.8 Å². The third-order valence-electron chi connectivity index (χ3n) is 3.85. The summed E-state index contributed by atoms with van der Waals surface area (Å²) in [7, 11) is 0. The largest absolute Gasteiger partial charge is 0.481 e. The monoisotopic (exact) mass is 419 g/mol. The second-order valence-electron chi connectivity index (χ2n) is 5.88. The van der Waals surface area contributed by atoms with Crippen LogP contribution in [0.5, 0.6) is 0 Å². The van der Waals surface area contributed by atoms with E-state index < -0.39 is 17.7 Å². The molecule has 1 aromatic heterocycles. The number of carbonyl (C=O) groups excluding carboxylic acids is 1. The third-order valence-corrected chi connectivity index (χ3v) is 5.15. The summed E-state index contributed by atoms with van der Waals surface area (Å²) in [6, 6.07) is 10.9. The molecule has 0 aliphatic carbocycles. The Morgan fingerprint density at radius 3 is 2.71 bits per heavy atom. The molecule has 0 saturated heterocycles. The molecule has 0 saturated carbocycles. The lowest BCUT2D eigenvalue weighted by atomic mass is 10.1. The van der Waals surface area contributed by atoms with Gasteiger partial charge in [0.1, 0.15) is 15.2 Å². The lowest BCUT2D eigenvalue weighted by molar-refractivity contribution is -0.136. The van der Waals surface area contributed by atoms with Gasteiger partial charge in [-0.3, -0.25) is 9.59 Å². The standard InChI is InChI=1S/C19H15ClFN3O3S/c20-17-16(18(27)23-14-4-2-1-3-11(14)8-15(25)26)24-19(28-17)12-5-10(9-22)6-13(21)7-12/h1-7H,8-9,22H2,(H,23,27)(H,25,26). The van der Waals surface area contributed by atoms with Crippen molar-refractivity contribution in [1.82, 2.24) is 4.98 Å². The van der Waals surface area contributed by atoms with Gasteiger partial charge in [-0.25, -0.2) is 9.37 Å². The maximum absolute atomic E-state index is 13.8. The number of thiazole rings is 1. The average molecular weight is 420 g/mol. The minimum absolute atomic E-state index is 0.0228. The number of halogens is 2. The first-order valence-corrected chi connectivity index (χ1v) is 9.34. The summed E-state index contributed by atoms with van der Waals surface area (Å²) >= 11 is 7.22. The van der Waals surface area contributed by atoms with Crippen LogP contribution < -0.4 is 11.1 Å². The van der Waals surface area contributed by atoms with E-state index >= 15 is 0 Å². The maximum Gasteiger partial charge on any atom is 0.307 e. The number of hydrogen-bond donors (Lipinski definition) is 3. The van der Waals surface area contributed by atoms with Crippen LogP contribution in [0, 0.1) is 5.82 Å². The van der Waals surface area contributed by atoms with E-state index in [0.29, 0.717) is 27.4 Å². The first kappa shape index (κ1) is 19.9. The first-order valence-electron chi connectivity index (χ1n) is 8.14. The number of nitrogens with zero attached hydrogens (tertiary/aromatic N) is 1. The number of benzene rings is 2. The van der Waals surface area contributed by atoms with Gasteiger partial charge in [0.2, 0.25) is 0 Å². The summed E-state index contributed by atoms with van der Waals surface area (Å²) in [5.41, 5.74) is 7.42. The molecule has 3 aromatic rings. The van der Waals surface area contributed by atoms with Crippen molar-refractivity contribution in [2.75, 3.05) is 5.32 Å². The number of aliphatic carboxylic acids is 1. The lowest BCUT2D eigenvalue weighted by Gasteiger charge is -2.08. The smallest absolute Gasteiger partial charge is 0.307 e. The van der Waals surface area contributed by atoms with Crippen LogP contribution in [-0.4, -0.2) is 22.0 Å². The molecule has 0 aliphatic heterocycles. The Hall–Kier alpha value is -2.81. The Balaban J connectivity index is 1.89. The molecule has 1 amide bonds. The number of nitrogens with one attached hydrogen (secondary N) is 1. The summed E-state index contributed by atoms with van der Waals surface area (Å²) in [4.78, 5) is 27.8. The highest BCUT2D eigenvalue weighted by Gasteiger charge is 2.20. The van der Waals surface area contributed by atoms with Crippen molar-refractivity contribution in [2.24, 2.45) is 5.73 Å². The highest BCUT2D eigenvalue weighted by molar-refractivity contribution is 7.19. The van der Waals surface area contributed by atoms with Gasteiger partial charge in [-0.1, -0.05) is 29.8 Å². The van der Waals surface area contributed by atoms with Crippen LogP contribution in [0.4, 0.5) is 10.1 Å². The number of para-hydroxylation sites is 1. The number of rotatable bonds is 6. The molecule has 0 aliphatic rings. The molecule has 2 aromatic carbocycles. The Bertz CT molecular complexity index is 1050. The van der Waals surface area contributed by atoms with Crippen molar-refractivity contribution in [3.63, 3.8) is 0 Å². The van der Waals surface area contributed by atoms with Crippen LogP contribution >= 0.6 is 22.9 Å². The van der Waals surface area contributed by atoms with E-state index in [9.17, 15) is 14.0 Å². The number of amides is 1. The summed E-state index contributed by atoms with van der Waals surface area (Å²) in [5, 5.41) is 12.0. The second kappa shape index (κ2) is 8.47. The Morgan fingerprint density at radius 1 is 1.25 bits per heavy atom. The number of carboxylic acids is 1. The average Bonchev–Trinajstić information content (AvgIpc) is 3.04. The number of anilines is 1. The topological polar surface area (TPSA) is 105 Å². The van der Waals surface area contributed by atoms with Gasteiger partial charge in [0.05, 0.1) is 6.42 Å². The Kier molecular flexibility index (Phi) is 6.03. The van der Waals surface area contributed by atoms with Crippen molar-refractivity contribution >= 4 is 40.5 Å². The second-order valence-corrected chi connectivity index (χ2v) is 7.48. The van der Waals surface area contributed by atoms with Crippen LogP contribution in [0.2, 0.25) is 4.34 Å². The van der Waals surface area contributed by atoms with Crippen molar-refractivity contribution in [3.05, 3.63) is 69.4 Å². The molecule has 0 spiro atoms. The molecule has 9 heteroatoms. The molecular weight excluding hydrogens is 405 g/mol. The zero-order chi connectivity index (χ0) is 20.3. The van der Waals surface area contributed by atoms with E-state index in [1.54, 1.807) is 30.3 Å². The summed E-state index contributed by atoms with van der Waals surface area (Å²) in [5.74, 6) is -2.06. The van der Waals surface area contributed by atoms with Gasteiger partial charge in [-0.15, -0.1) is 11.3 Å². The molecule has 0 radical (unpaired) electrons. The van der Waals surface area contributed by atoms with Gasteiger partial charge < -0.3 is 16.2 Å². The fourth-order valence-electron chi connectivity index (χ4n) is 2.60. The van der Waals surface area contributed by atoms with E-state index in [0.717, 1.165) is 11.3 Å². The molecule has 144 valence electrons. The molecule has 0 unspecified atom stereocenters. The Labute approximate surface area is 168 Å². The summed E-state index contributed by atoms with van der Waals surface area (Å²) in [6.45, 7) is 0.164. The summed E-state index contributed by atoms with van der Waals surface area (Å²) in [6.07, 6.45) is -0.238. The molecular formula is C19H15ClFN3O3S. The van der Waals surface area contributed by atoms with Gasteiger partial charge in [-0.05, 0) is 35.4 Å². The maximum atomic E-state index is 13.8. The lowest BCUT2D eigenvalue weighted by Crippen LogP contribution is -2.15. The molecule has 4 N–H and O–H groups in total. The fraction of sp³-hybridized carbons (Fsp3) is 0.105. The van der Waals surface area contributed by atoms with Crippen molar-refractivity contribution < 1.29 is 19.1 Å². The quantitative estimate of drug-likeness (QED) is 0.561. The minimum atomic E-state index is -1.02. The third kappa shape index (κ3) is 4.53. The van der Waals surface area contributed by atoms with Gasteiger partial charge in [-0.2, -0.15) is 0 Å². The number of hydrogen-bond acceptors (Lipinski definition) is 5. The van der Waals surface area contributed by atoms with Crippen molar-refractivity contribution in [3.8, 4) is 10.6 Å². The molecule has 0 fully saturated rings. The van der Waals surface area contributed by atoms with E-state index in [2.05, 4.69) is 10.3 Å². The number of nitrogens with two attached hydrogens (primary N) is 1. The zero-order valence-electron chi connectivity index (χ0n) is 14.4. The molecule has 6 nitrogen and oxygen atoms in total. The summed E-state index contributed by atoms with van der Waals surface area (Å²) < 4.78 is 13.9. The van der Waals surface area contributed by atoms with E-state index in [1.807, 2.05) is 0 Å². The number of carboxylic acid groups (broad SMARTS) is 1. The SMILES string of the molecule is NCc1cc(F)cc(-c2nc(C(=O)Nc3ccccc3CC(=O)O)c(Cl)s2)c1. The first-order chi connectivity index (χ1) is 13.4. The van der Waals surface area contributed by atoms with E-state index in [4.69, 9.17) is 22.4 Å². The van der Waals surface area contributed by atoms with Crippen LogP contribution in [0.3, 0.4) is 0 Å². The predicted octanol–water partition coefficient (Wildman–Crippen LogP) is 3.94. The van der Waals surface area contributed by atoms with Crippen LogP contribution in [0.15, 0.2) is 42.5 Å². The van der Waals surface area contributed by atoms with E-state index in [1.165, 1.54) is 12.1 Å². The molecule has 0 atom stereocenters.